The van der Waals surface area contributed by atoms with Crippen molar-refractivity contribution in [3.63, 3.8) is 0 Å². The molecule has 22 heavy (non-hydrogen) atoms. The Balaban J connectivity index is 1.66. The van der Waals surface area contributed by atoms with Crippen LogP contribution in [-0.2, 0) is 4.79 Å². The minimum absolute atomic E-state index is 0.0125. The minimum atomic E-state index is -0.159. The number of ether oxygens (including phenoxy) is 1. The van der Waals surface area contributed by atoms with Crippen LogP contribution in [0.25, 0.3) is 0 Å². The van der Waals surface area contributed by atoms with Crippen LogP contribution in [-0.4, -0.2) is 45.1 Å². The number of benzene rings is 1. The number of hydrogen-bond acceptors (Lipinski definition) is 4. The lowest BCUT2D eigenvalue weighted by atomic mass is 9.88. The number of carbonyl (C=O) groups excluding carboxylic acids is 2. The molecule has 0 saturated carbocycles. The number of methoxy groups -OCH3 is 1. The predicted octanol–water partition coefficient (Wildman–Crippen LogP) is 0.397. The Morgan fingerprint density at radius 3 is 2.41 bits per heavy atom. The van der Waals surface area contributed by atoms with Gasteiger partial charge in [-0.05, 0) is 43.3 Å². The Labute approximate surface area is 130 Å². The second-order valence-corrected chi connectivity index (χ2v) is 5.48. The summed E-state index contributed by atoms with van der Waals surface area (Å²) in [7, 11) is 1.58. The van der Waals surface area contributed by atoms with Crippen molar-refractivity contribution in [3.8, 4) is 5.75 Å². The van der Waals surface area contributed by atoms with Gasteiger partial charge in [0.15, 0.2) is 0 Å². The van der Waals surface area contributed by atoms with Crippen LogP contribution in [0.3, 0.4) is 0 Å². The van der Waals surface area contributed by atoms with Gasteiger partial charge in [0.05, 0.1) is 7.11 Å². The van der Waals surface area contributed by atoms with Crippen LogP contribution in [0.5, 0.6) is 5.75 Å². The molecule has 0 bridgehead atoms. The molecule has 6 heteroatoms. The van der Waals surface area contributed by atoms with Crippen LogP contribution in [0.4, 0.5) is 0 Å². The van der Waals surface area contributed by atoms with Gasteiger partial charge in [0.1, 0.15) is 5.75 Å². The van der Waals surface area contributed by atoms with Crippen molar-refractivity contribution in [1.82, 2.24) is 16.0 Å². The van der Waals surface area contributed by atoms with E-state index < -0.39 is 0 Å². The topological polar surface area (TPSA) is 79.5 Å². The fraction of sp³-hybridized carbons (Fsp3) is 0.500. The molecule has 0 aromatic heterocycles. The third-order valence-electron chi connectivity index (χ3n) is 4.00. The van der Waals surface area contributed by atoms with Crippen molar-refractivity contribution in [2.75, 3.05) is 33.3 Å². The van der Waals surface area contributed by atoms with Gasteiger partial charge < -0.3 is 20.7 Å². The molecule has 6 nitrogen and oxygen atoms in total. The first kappa shape index (κ1) is 16.3. The van der Waals surface area contributed by atoms with E-state index in [1.807, 2.05) is 6.92 Å². The average Bonchev–Trinajstić information content (AvgIpc) is 2.49. The highest BCUT2D eigenvalue weighted by Crippen LogP contribution is 2.15. The first-order chi connectivity index (χ1) is 10.6. The van der Waals surface area contributed by atoms with Gasteiger partial charge in [-0.3, -0.25) is 9.59 Å². The zero-order valence-electron chi connectivity index (χ0n) is 13.0. The molecular weight excluding hydrogens is 282 g/mol. The van der Waals surface area contributed by atoms with E-state index in [9.17, 15) is 9.59 Å². The molecule has 0 radical (unpaired) electrons. The maximum atomic E-state index is 11.9. The quantitative estimate of drug-likeness (QED) is 0.637. The van der Waals surface area contributed by atoms with Gasteiger partial charge in [0, 0.05) is 24.6 Å². The van der Waals surface area contributed by atoms with E-state index in [1.54, 1.807) is 31.4 Å². The number of hydrogen-bond donors (Lipinski definition) is 3. The Bertz CT molecular complexity index is 512. The third-order valence-corrected chi connectivity index (χ3v) is 4.00. The smallest absolute Gasteiger partial charge is 0.251 e. The molecule has 3 N–H and O–H groups in total. The van der Waals surface area contributed by atoms with Crippen LogP contribution in [0, 0.1) is 11.8 Å². The van der Waals surface area contributed by atoms with E-state index in [1.165, 1.54) is 0 Å². The van der Waals surface area contributed by atoms with Crippen LogP contribution in [0.1, 0.15) is 17.3 Å². The molecule has 1 saturated heterocycles. The van der Waals surface area contributed by atoms with Crippen molar-refractivity contribution in [3.05, 3.63) is 29.8 Å². The molecule has 1 aliphatic rings. The first-order valence-electron chi connectivity index (χ1n) is 7.52. The van der Waals surface area contributed by atoms with Crippen LogP contribution in [0.15, 0.2) is 24.3 Å². The normalized spacial score (nSPS) is 15.5. The van der Waals surface area contributed by atoms with E-state index in [4.69, 9.17) is 4.74 Å². The van der Waals surface area contributed by atoms with Crippen LogP contribution in [0.2, 0.25) is 0 Å². The zero-order chi connectivity index (χ0) is 15.9. The molecule has 2 rings (SSSR count). The van der Waals surface area contributed by atoms with Gasteiger partial charge >= 0.3 is 0 Å². The lowest BCUT2D eigenvalue weighted by Crippen LogP contribution is -2.50. The van der Waals surface area contributed by atoms with E-state index in [-0.39, 0.29) is 17.7 Å². The molecule has 1 atom stereocenters. The fourth-order valence-electron chi connectivity index (χ4n) is 2.25. The van der Waals surface area contributed by atoms with Gasteiger partial charge in [-0.15, -0.1) is 0 Å². The summed E-state index contributed by atoms with van der Waals surface area (Å²) in [5.41, 5.74) is 0.570. The molecule has 120 valence electrons. The average molecular weight is 305 g/mol. The molecule has 1 heterocycles. The van der Waals surface area contributed by atoms with Crippen LogP contribution >= 0.6 is 0 Å². The summed E-state index contributed by atoms with van der Waals surface area (Å²) in [5, 5.41) is 8.80. The summed E-state index contributed by atoms with van der Waals surface area (Å²) < 4.78 is 5.05. The van der Waals surface area contributed by atoms with Gasteiger partial charge in [-0.1, -0.05) is 6.92 Å². The Kier molecular flexibility index (Phi) is 5.77. The molecule has 1 unspecified atom stereocenters. The lowest BCUT2D eigenvalue weighted by Gasteiger charge is -2.31. The molecule has 0 aliphatic carbocycles. The summed E-state index contributed by atoms with van der Waals surface area (Å²) >= 11 is 0. The second-order valence-electron chi connectivity index (χ2n) is 5.48. The summed E-state index contributed by atoms with van der Waals surface area (Å²) in [5.74, 6) is 1.04. The van der Waals surface area contributed by atoms with E-state index in [2.05, 4.69) is 16.0 Å². The summed E-state index contributed by atoms with van der Waals surface area (Å²) in [6.45, 7) is 4.60. The minimum Gasteiger partial charge on any atom is -0.497 e. The van der Waals surface area contributed by atoms with Crippen molar-refractivity contribution in [2.45, 2.75) is 6.92 Å². The van der Waals surface area contributed by atoms with Gasteiger partial charge in [0.2, 0.25) is 5.91 Å². The Morgan fingerprint density at radius 2 is 1.86 bits per heavy atom. The molecule has 1 aliphatic heterocycles. The van der Waals surface area contributed by atoms with Crippen molar-refractivity contribution in [1.29, 1.82) is 0 Å². The Hall–Kier alpha value is -2.08. The van der Waals surface area contributed by atoms with Crippen molar-refractivity contribution >= 4 is 11.8 Å². The SMILES string of the molecule is COc1ccc(C(=O)NCCNC(=O)C(C)C2CNC2)cc1. The fourth-order valence-corrected chi connectivity index (χ4v) is 2.25. The standard InChI is InChI=1S/C16H23N3O3/c1-11(13-9-17-10-13)15(20)18-7-8-19-16(21)12-3-5-14(22-2)6-4-12/h3-6,11,13,17H,7-10H2,1-2H3,(H,18,20)(H,19,21). The molecule has 0 spiro atoms. The summed E-state index contributed by atoms with van der Waals surface area (Å²) in [4.78, 5) is 23.8. The highest BCUT2D eigenvalue weighted by atomic mass is 16.5. The zero-order valence-corrected chi connectivity index (χ0v) is 13.0. The second kappa shape index (κ2) is 7.79. The van der Waals surface area contributed by atoms with E-state index in [0.717, 1.165) is 13.1 Å². The van der Waals surface area contributed by atoms with Gasteiger partial charge in [-0.2, -0.15) is 0 Å². The molecule has 2 amide bonds. The molecule has 1 fully saturated rings. The predicted molar refractivity (Wildman–Crippen MR) is 83.9 cm³/mol. The number of nitrogens with one attached hydrogen (secondary N) is 3. The number of rotatable bonds is 7. The summed E-state index contributed by atoms with van der Waals surface area (Å²) in [6.07, 6.45) is 0. The highest BCUT2D eigenvalue weighted by molar-refractivity contribution is 5.94. The monoisotopic (exact) mass is 305 g/mol. The van der Waals surface area contributed by atoms with Crippen LogP contribution < -0.4 is 20.7 Å². The Morgan fingerprint density at radius 1 is 1.23 bits per heavy atom. The first-order valence-corrected chi connectivity index (χ1v) is 7.52. The van der Waals surface area contributed by atoms with E-state index >= 15 is 0 Å². The third kappa shape index (κ3) is 4.21. The molecule has 1 aromatic carbocycles. The van der Waals surface area contributed by atoms with E-state index in [0.29, 0.717) is 30.3 Å². The molecule has 1 aromatic rings. The number of carbonyl (C=O) groups is 2. The molecular formula is C16H23N3O3. The maximum Gasteiger partial charge on any atom is 0.251 e. The summed E-state index contributed by atoms with van der Waals surface area (Å²) in [6, 6.07) is 6.90. The largest absolute Gasteiger partial charge is 0.497 e. The van der Waals surface area contributed by atoms with Crippen molar-refractivity contribution < 1.29 is 14.3 Å². The lowest BCUT2D eigenvalue weighted by molar-refractivity contribution is -0.126. The maximum absolute atomic E-state index is 11.9. The van der Waals surface area contributed by atoms with Gasteiger partial charge in [0.25, 0.3) is 5.91 Å². The number of amides is 2. The highest BCUT2D eigenvalue weighted by Gasteiger charge is 2.28. The van der Waals surface area contributed by atoms with Gasteiger partial charge in [-0.25, -0.2) is 0 Å². The van der Waals surface area contributed by atoms with Crippen molar-refractivity contribution in [2.24, 2.45) is 11.8 Å².